The van der Waals surface area contributed by atoms with Crippen LogP contribution in [0.25, 0.3) is 0 Å². The molecule has 0 heterocycles. The Morgan fingerprint density at radius 3 is 2.07 bits per heavy atom. The van der Waals surface area contributed by atoms with E-state index < -0.39 is 37.9 Å². The lowest BCUT2D eigenvalue weighted by Crippen LogP contribution is -2.44. The second-order valence-corrected chi connectivity index (χ2v) is 8.06. The molecule has 0 saturated heterocycles. The van der Waals surface area contributed by atoms with Gasteiger partial charge in [-0.15, -0.1) is 0 Å². The van der Waals surface area contributed by atoms with Crippen LogP contribution in [0, 0.1) is 10.1 Å². The van der Waals surface area contributed by atoms with E-state index in [-0.39, 0.29) is 11.5 Å². The molecule has 2 aromatic rings. The highest BCUT2D eigenvalue weighted by atomic mass is 32.2. The molecule has 2 aromatic carbocycles. The van der Waals surface area contributed by atoms with Gasteiger partial charge in [-0.1, -0.05) is 48.5 Å². The number of nitrogens with zero attached hydrogens (tertiary/aromatic N) is 1. The number of carbonyl (C=O) groups excluding carboxylic acids is 1. The Balaban J connectivity index is 2.69. The maximum atomic E-state index is 13.3. The number of carbonyl (C=O) groups is 1. The molecule has 0 fully saturated rings. The van der Waals surface area contributed by atoms with Crippen LogP contribution in [-0.2, 0) is 19.4 Å². The van der Waals surface area contributed by atoms with E-state index in [0.717, 1.165) is 0 Å². The maximum Gasteiger partial charge on any atom is 0.325 e. The number of sulfone groups is 1. The Morgan fingerprint density at radius 1 is 1.07 bits per heavy atom. The molecule has 144 valence electrons. The average Bonchev–Trinajstić information content (AvgIpc) is 2.66. The van der Waals surface area contributed by atoms with Crippen molar-refractivity contribution in [3.05, 3.63) is 76.3 Å². The van der Waals surface area contributed by atoms with Gasteiger partial charge in [-0.25, -0.2) is 8.42 Å². The van der Waals surface area contributed by atoms with Gasteiger partial charge in [0.25, 0.3) is 0 Å². The first-order chi connectivity index (χ1) is 12.8. The van der Waals surface area contributed by atoms with E-state index >= 15 is 0 Å². The van der Waals surface area contributed by atoms with Gasteiger partial charge in [-0.3, -0.25) is 14.9 Å². The van der Waals surface area contributed by atoms with E-state index in [4.69, 9.17) is 4.74 Å². The Kier molecular flexibility index (Phi) is 6.68. The zero-order chi connectivity index (χ0) is 20.0. The van der Waals surface area contributed by atoms with Crippen molar-refractivity contribution in [2.45, 2.75) is 36.0 Å². The Labute approximate surface area is 158 Å². The van der Waals surface area contributed by atoms with Gasteiger partial charge < -0.3 is 4.74 Å². The van der Waals surface area contributed by atoms with Crippen LogP contribution in [0.3, 0.4) is 0 Å². The molecule has 3 atom stereocenters. The van der Waals surface area contributed by atoms with Crippen LogP contribution >= 0.6 is 0 Å². The van der Waals surface area contributed by atoms with Crippen LogP contribution in [0.5, 0.6) is 0 Å². The van der Waals surface area contributed by atoms with E-state index in [1.807, 2.05) is 0 Å². The molecule has 0 aliphatic carbocycles. The molecule has 0 aromatic heterocycles. The zero-order valence-electron chi connectivity index (χ0n) is 15.0. The average molecular weight is 391 g/mol. The first kappa shape index (κ1) is 20.6. The fourth-order valence-corrected chi connectivity index (χ4v) is 4.88. The minimum absolute atomic E-state index is 0.0337. The molecule has 8 heteroatoms. The molecule has 0 N–H and O–H groups in total. The number of benzene rings is 2. The molecule has 0 bridgehead atoms. The highest BCUT2D eigenvalue weighted by Crippen LogP contribution is 2.33. The molecule has 2 rings (SSSR count). The standard InChI is InChI=1S/C19H21NO6S/c1-3-26-19(21)18(27(24,25)16-12-8-5-9-13-16)17(14(2)20(22)23)15-10-6-4-7-11-15/h4-14,17-18H,3H2,1-2H3/t14-,17-,18-/m1/s1. The second-order valence-electron chi connectivity index (χ2n) is 5.99. The summed E-state index contributed by atoms with van der Waals surface area (Å²) in [7, 11) is -4.23. The molecule has 0 amide bonds. The van der Waals surface area contributed by atoms with Crippen molar-refractivity contribution in [1.29, 1.82) is 0 Å². The zero-order valence-corrected chi connectivity index (χ0v) is 15.8. The van der Waals surface area contributed by atoms with Crippen LogP contribution in [0.1, 0.15) is 25.3 Å². The number of rotatable bonds is 8. The fraction of sp³-hybridized carbons (Fsp3) is 0.316. The molecule has 0 aliphatic heterocycles. The van der Waals surface area contributed by atoms with E-state index in [1.54, 1.807) is 43.3 Å². The SMILES string of the molecule is CCOC(=O)[C@@H]([C@@H](c1ccccc1)[C@@H](C)[N+](=O)[O-])S(=O)(=O)c1ccccc1. The summed E-state index contributed by atoms with van der Waals surface area (Å²) in [5.74, 6) is -2.20. The number of nitro groups is 1. The van der Waals surface area contributed by atoms with Gasteiger partial charge in [0, 0.05) is 11.8 Å². The van der Waals surface area contributed by atoms with Gasteiger partial charge in [0.1, 0.15) is 0 Å². The molecule has 0 aliphatic rings. The Bertz CT molecular complexity index is 883. The first-order valence-corrected chi connectivity index (χ1v) is 9.99. The van der Waals surface area contributed by atoms with Gasteiger partial charge in [0.05, 0.1) is 17.4 Å². The van der Waals surface area contributed by atoms with Crippen molar-refractivity contribution in [2.75, 3.05) is 6.61 Å². The summed E-state index contributed by atoms with van der Waals surface area (Å²) < 4.78 is 31.5. The third-order valence-electron chi connectivity index (χ3n) is 4.29. The summed E-state index contributed by atoms with van der Waals surface area (Å²) in [4.78, 5) is 23.5. The minimum Gasteiger partial charge on any atom is -0.465 e. The summed E-state index contributed by atoms with van der Waals surface area (Å²) in [6, 6.07) is 14.3. The third-order valence-corrected chi connectivity index (χ3v) is 6.37. The number of esters is 1. The number of hydrogen-bond acceptors (Lipinski definition) is 6. The van der Waals surface area contributed by atoms with Crippen molar-refractivity contribution in [2.24, 2.45) is 0 Å². The van der Waals surface area contributed by atoms with E-state index in [9.17, 15) is 23.3 Å². The Hall–Kier alpha value is -2.74. The maximum absolute atomic E-state index is 13.3. The molecule has 0 saturated carbocycles. The van der Waals surface area contributed by atoms with E-state index in [2.05, 4.69) is 0 Å². The van der Waals surface area contributed by atoms with Crippen molar-refractivity contribution >= 4 is 15.8 Å². The van der Waals surface area contributed by atoms with Crippen LogP contribution < -0.4 is 0 Å². The minimum atomic E-state index is -4.23. The molecule has 0 spiro atoms. The lowest BCUT2D eigenvalue weighted by atomic mass is 9.89. The lowest BCUT2D eigenvalue weighted by molar-refractivity contribution is -0.522. The highest BCUT2D eigenvalue weighted by Gasteiger charge is 2.48. The predicted octanol–water partition coefficient (Wildman–Crippen LogP) is 2.84. The van der Waals surface area contributed by atoms with E-state index in [0.29, 0.717) is 5.56 Å². The van der Waals surface area contributed by atoms with Gasteiger partial charge in [0.15, 0.2) is 15.1 Å². The topological polar surface area (TPSA) is 104 Å². The van der Waals surface area contributed by atoms with Crippen molar-refractivity contribution in [1.82, 2.24) is 0 Å². The molecule has 0 radical (unpaired) electrons. The predicted molar refractivity (Wildman–Crippen MR) is 99.7 cm³/mol. The molecular formula is C19H21NO6S. The van der Waals surface area contributed by atoms with Crippen molar-refractivity contribution in [3.8, 4) is 0 Å². The van der Waals surface area contributed by atoms with Gasteiger partial charge in [0.2, 0.25) is 6.04 Å². The van der Waals surface area contributed by atoms with Crippen LogP contribution in [0.4, 0.5) is 0 Å². The summed E-state index contributed by atoms with van der Waals surface area (Å²) in [6.07, 6.45) is 0. The van der Waals surface area contributed by atoms with Gasteiger partial charge in [-0.05, 0) is 24.6 Å². The lowest BCUT2D eigenvalue weighted by Gasteiger charge is -2.26. The van der Waals surface area contributed by atoms with Crippen LogP contribution in [-0.4, -0.2) is 37.2 Å². The van der Waals surface area contributed by atoms with Crippen LogP contribution in [0.2, 0.25) is 0 Å². The molecule has 27 heavy (non-hydrogen) atoms. The van der Waals surface area contributed by atoms with Crippen molar-refractivity contribution < 1.29 is 22.9 Å². The quantitative estimate of drug-likeness (QED) is 0.389. The van der Waals surface area contributed by atoms with Crippen molar-refractivity contribution in [3.63, 3.8) is 0 Å². The summed E-state index contributed by atoms with van der Waals surface area (Å²) >= 11 is 0. The largest absolute Gasteiger partial charge is 0.465 e. The normalized spacial score (nSPS) is 14.7. The highest BCUT2D eigenvalue weighted by molar-refractivity contribution is 7.92. The van der Waals surface area contributed by atoms with Gasteiger partial charge >= 0.3 is 5.97 Å². The smallest absolute Gasteiger partial charge is 0.325 e. The molecular weight excluding hydrogens is 370 g/mol. The third kappa shape index (κ3) is 4.51. The second kappa shape index (κ2) is 8.77. The molecule has 0 unspecified atom stereocenters. The molecule has 7 nitrogen and oxygen atoms in total. The summed E-state index contributed by atoms with van der Waals surface area (Å²) in [6.45, 7) is 2.82. The van der Waals surface area contributed by atoms with Gasteiger partial charge in [-0.2, -0.15) is 0 Å². The van der Waals surface area contributed by atoms with Crippen LogP contribution in [0.15, 0.2) is 65.6 Å². The first-order valence-electron chi connectivity index (χ1n) is 8.44. The van der Waals surface area contributed by atoms with E-state index in [1.165, 1.54) is 31.2 Å². The summed E-state index contributed by atoms with van der Waals surface area (Å²) in [5.41, 5.74) is 0.388. The number of ether oxygens (including phenoxy) is 1. The number of hydrogen-bond donors (Lipinski definition) is 0. The fourth-order valence-electron chi connectivity index (χ4n) is 2.96. The Morgan fingerprint density at radius 2 is 1.59 bits per heavy atom. The summed E-state index contributed by atoms with van der Waals surface area (Å²) in [5, 5.41) is 9.79. The monoisotopic (exact) mass is 391 g/mol.